The third-order valence-electron chi connectivity index (χ3n) is 6.12. The predicted octanol–water partition coefficient (Wildman–Crippen LogP) is 8.23. The number of hydrogen-bond acceptors (Lipinski definition) is 5. The van der Waals surface area contributed by atoms with Crippen LogP contribution in [-0.4, -0.2) is 29.3 Å². The van der Waals surface area contributed by atoms with E-state index in [9.17, 15) is 4.79 Å². The summed E-state index contributed by atoms with van der Waals surface area (Å²) in [5.74, 6) is 0.357. The first-order chi connectivity index (χ1) is 17.1. The summed E-state index contributed by atoms with van der Waals surface area (Å²) in [6.07, 6.45) is 18.6. The van der Waals surface area contributed by atoms with Crippen molar-refractivity contribution in [2.75, 3.05) is 13.2 Å². The Morgan fingerprint density at radius 3 is 1.86 bits per heavy atom. The van der Waals surface area contributed by atoms with Gasteiger partial charge in [0.15, 0.2) is 0 Å². The first kappa shape index (κ1) is 28.7. The molecule has 0 bridgehead atoms. The van der Waals surface area contributed by atoms with E-state index < -0.39 is 5.97 Å². The molecule has 0 saturated carbocycles. The molecule has 6 nitrogen and oxygen atoms in total. The number of nitrogens with zero attached hydrogens (tertiary/aromatic N) is 1. The molecule has 0 amide bonds. The highest BCUT2D eigenvalue weighted by Crippen LogP contribution is 2.29. The second-order valence-corrected chi connectivity index (χ2v) is 9.23. The van der Waals surface area contributed by atoms with Crippen molar-refractivity contribution in [3.05, 3.63) is 30.0 Å². The van der Waals surface area contributed by atoms with E-state index in [-0.39, 0.29) is 12.4 Å². The molecule has 196 valence electrons. The quantitative estimate of drug-likeness (QED) is 0.179. The molecule has 1 N–H and O–H groups in total. The predicted molar refractivity (Wildman–Crippen MR) is 140 cm³/mol. The van der Waals surface area contributed by atoms with E-state index >= 15 is 0 Å². The number of aliphatic carboxylic acids is 1. The van der Waals surface area contributed by atoms with Gasteiger partial charge in [-0.2, -0.15) is 0 Å². The number of hydrogen-bond donors (Lipinski definition) is 1. The summed E-state index contributed by atoms with van der Waals surface area (Å²) < 4.78 is 16.9. The van der Waals surface area contributed by atoms with Crippen molar-refractivity contribution in [3.8, 4) is 23.1 Å². The highest BCUT2D eigenvalue weighted by molar-refractivity contribution is 5.70. The molecule has 2 aromatic rings. The van der Waals surface area contributed by atoms with Crippen LogP contribution in [0, 0.1) is 0 Å². The summed E-state index contributed by atoms with van der Waals surface area (Å²) in [7, 11) is 0. The molecular weight excluding hydrogens is 442 g/mol. The minimum Gasteiger partial charge on any atom is -0.494 e. The number of carbonyl (C=O) groups is 1. The SMILES string of the molecule is CCCCCCCCCCCCCCCCOc1ccc(-c2nc(CC(=O)O)c(OCC)o2)cc1. The molecule has 0 atom stereocenters. The molecule has 0 saturated heterocycles. The number of carboxylic acid groups (broad SMARTS) is 1. The number of carboxylic acids is 1. The fraction of sp³-hybridized carbons (Fsp3) is 0.655. The minimum atomic E-state index is -0.974. The Morgan fingerprint density at radius 2 is 1.34 bits per heavy atom. The van der Waals surface area contributed by atoms with Gasteiger partial charge in [-0.3, -0.25) is 4.79 Å². The van der Waals surface area contributed by atoms with Gasteiger partial charge in [-0.15, -0.1) is 0 Å². The van der Waals surface area contributed by atoms with E-state index in [2.05, 4.69) is 11.9 Å². The zero-order valence-corrected chi connectivity index (χ0v) is 21.9. The Bertz CT molecular complexity index is 815. The second kappa shape index (κ2) is 17.9. The highest BCUT2D eigenvalue weighted by Gasteiger charge is 2.18. The maximum atomic E-state index is 11.0. The zero-order valence-electron chi connectivity index (χ0n) is 21.9. The summed E-state index contributed by atoms with van der Waals surface area (Å²) in [6.45, 7) is 5.19. The molecule has 35 heavy (non-hydrogen) atoms. The van der Waals surface area contributed by atoms with Gasteiger partial charge in [0.2, 0.25) is 5.89 Å². The number of aromatic nitrogens is 1. The van der Waals surface area contributed by atoms with Crippen LogP contribution in [0.2, 0.25) is 0 Å². The Labute approximate surface area is 211 Å². The third kappa shape index (κ3) is 12.1. The molecule has 0 spiro atoms. The fourth-order valence-corrected chi connectivity index (χ4v) is 4.14. The molecule has 0 fully saturated rings. The Balaban J connectivity index is 1.55. The van der Waals surface area contributed by atoms with E-state index in [0.717, 1.165) is 17.7 Å². The standard InChI is InChI=1S/C29H45NO5/c1-3-5-6-7-8-9-10-11-12-13-14-15-16-17-22-34-25-20-18-24(19-21-25)28-30-26(23-27(31)32)29(35-28)33-4-2/h18-21H,3-17,22-23H2,1-2H3,(H,31,32). The first-order valence-electron chi connectivity index (χ1n) is 13.7. The number of benzene rings is 1. The molecule has 1 aromatic heterocycles. The number of oxazole rings is 1. The summed E-state index contributed by atoms with van der Waals surface area (Å²) in [4.78, 5) is 15.3. The summed E-state index contributed by atoms with van der Waals surface area (Å²) in [5.41, 5.74) is 1.05. The van der Waals surface area contributed by atoms with Crippen LogP contribution < -0.4 is 9.47 Å². The number of unbranched alkanes of at least 4 members (excludes halogenated alkanes) is 13. The van der Waals surface area contributed by atoms with E-state index in [1.54, 1.807) is 0 Å². The lowest BCUT2D eigenvalue weighted by molar-refractivity contribution is -0.136. The zero-order chi connectivity index (χ0) is 25.1. The van der Waals surface area contributed by atoms with Crippen molar-refractivity contribution in [2.45, 2.75) is 110 Å². The minimum absolute atomic E-state index is 0.169. The van der Waals surface area contributed by atoms with Crippen molar-refractivity contribution >= 4 is 5.97 Å². The topological polar surface area (TPSA) is 81.8 Å². The third-order valence-corrected chi connectivity index (χ3v) is 6.12. The Hall–Kier alpha value is -2.50. The first-order valence-corrected chi connectivity index (χ1v) is 13.7. The molecule has 0 aliphatic carbocycles. The van der Waals surface area contributed by atoms with Crippen LogP contribution in [0.1, 0.15) is 109 Å². The van der Waals surface area contributed by atoms with Gasteiger partial charge in [0.25, 0.3) is 0 Å². The van der Waals surface area contributed by atoms with E-state index in [1.807, 2.05) is 31.2 Å². The van der Waals surface area contributed by atoms with E-state index in [0.29, 0.717) is 24.8 Å². The van der Waals surface area contributed by atoms with Crippen molar-refractivity contribution < 1.29 is 23.8 Å². The van der Waals surface area contributed by atoms with Gasteiger partial charge in [0.05, 0.1) is 19.6 Å². The van der Waals surface area contributed by atoms with Gasteiger partial charge in [0.1, 0.15) is 11.4 Å². The van der Waals surface area contributed by atoms with Crippen LogP contribution >= 0.6 is 0 Å². The van der Waals surface area contributed by atoms with E-state index in [4.69, 9.17) is 19.0 Å². The lowest BCUT2D eigenvalue weighted by Gasteiger charge is -2.07. The molecule has 6 heteroatoms. The molecule has 0 unspecified atom stereocenters. The summed E-state index contributed by atoms with van der Waals surface area (Å²) >= 11 is 0. The van der Waals surface area contributed by atoms with Gasteiger partial charge >= 0.3 is 11.9 Å². The highest BCUT2D eigenvalue weighted by atomic mass is 16.6. The van der Waals surface area contributed by atoms with Gasteiger partial charge in [-0.25, -0.2) is 4.98 Å². The van der Waals surface area contributed by atoms with Crippen molar-refractivity contribution in [2.24, 2.45) is 0 Å². The van der Waals surface area contributed by atoms with Crippen LogP contribution in [-0.2, 0) is 11.2 Å². The second-order valence-electron chi connectivity index (χ2n) is 9.23. The summed E-state index contributed by atoms with van der Waals surface area (Å²) in [5, 5.41) is 9.05. The Kier molecular flexibility index (Phi) is 14.7. The van der Waals surface area contributed by atoms with Gasteiger partial charge < -0.3 is 19.0 Å². The van der Waals surface area contributed by atoms with Crippen LogP contribution in [0.3, 0.4) is 0 Å². The Morgan fingerprint density at radius 1 is 0.800 bits per heavy atom. The number of rotatable bonds is 21. The average molecular weight is 488 g/mol. The van der Waals surface area contributed by atoms with Crippen LogP contribution in [0.4, 0.5) is 0 Å². The lowest BCUT2D eigenvalue weighted by atomic mass is 10.0. The summed E-state index contributed by atoms with van der Waals surface area (Å²) in [6, 6.07) is 7.51. The maximum Gasteiger partial charge on any atom is 0.309 e. The molecule has 2 rings (SSSR count). The molecule has 0 radical (unpaired) electrons. The van der Waals surface area contributed by atoms with E-state index in [1.165, 1.54) is 83.5 Å². The molecule has 1 aromatic carbocycles. The fourth-order valence-electron chi connectivity index (χ4n) is 4.14. The van der Waals surface area contributed by atoms with Crippen molar-refractivity contribution in [1.29, 1.82) is 0 Å². The van der Waals surface area contributed by atoms with Crippen LogP contribution in [0.15, 0.2) is 28.7 Å². The molecular formula is C29H45NO5. The van der Waals surface area contributed by atoms with Gasteiger partial charge in [-0.1, -0.05) is 90.4 Å². The lowest BCUT2D eigenvalue weighted by Crippen LogP contribution is -2.03. The van der Waals surface area contributed by atoms with Crippen LogP contribution in [0.5, 0.6) is 11.7 Å². The molecule has 1 heterocycles. The van der Waals surface area contributed by atoms with Crippen molar-refractivity contribution in [1.82, 2.24) is 4.98 Å². The van der Waals surface area contributed by atoms with Gasteiger partial charge in [0, 0.05) is 5.56 Å². The van der Waals surface area contributed by atoms with Crippen molar-refractivity contribution in [3.63, 3.8) is 0 Å². The maximum absolute atomic E-state index is 11.0. The number of ether oxygens (including phenoxy) is 2. The van der Waals surface area contributed by atoms with Crippen LogP contribution in [0.25, 0.3) is 11.5 Å². The molecule has 0 aliphatic rings. The normalized spacial score (nSPS) is 11.0. The monoisotopic (exact) mass is 487 g/mol. The smallest absolute Gasteiger partial charge is 0.309 e. The average Bonchev–Trinajstić information content (AvgIpc) is 3.23. The van der Waals surface area contributed by atoms with Gasteiger partial charge in [-0.05, 0) is 37.6 Å². The largest absolute Gasteiger partial charge is 0.494 e. The molecule has 0 aliphatic heterocycles.